The Balaban J connectivity index is 0. The Bertz CT molecular complexity index is 308. The number of hydrogen-bond donors (Lipinski definition) is 1. The predicted octanol–water partition coefficient (Wildman–Crippen LogP) is 3.41. The van der Waals surface area contributed by atoms with E-state index >= 15 is 0 Å². The van der Waals surface area contributed by atoms with Gasteiger partial charge in [0.2, 0.25) is 0 Å². The van der Waals surface area contributed by atoms with Crippen molar-refractivity contribution in [2.24, 2.45) is 0 Å². The Labute approximate surface area is 130 Å². The van der Waals surface area contributed by atoms with E-state index in [-0.39, 0.29) is 22.6 Å². The van der Waals surface area contributed by atoms with E-state index in [1.165, 1.54) is 0 Å². The number of rotatable bonds is 0. The van der Waals surface area contributed by atoms with Crippen LogP contribution in [0.5, 0.6) is 0 Å². The molecule has 0 aliphatic heterocycles. The van der Waals surface area contributed by atoms with E-state index in [1.807, 2.05) is 54.6 Å². The van der Waals surface area contributed by atoms with Crippen LogP contribution in [0.1, 0.15) is 0 Å². The van der Waals surface area contributed by atoms with Gasteiger partial charge in [-0.05, 0) is 0 Å². The molecule has 0 spiro atoms. The van der Waals surface area contributed by atoms with Crippen molar-refractivity contribution in [3.05, 3.63) is 97.6 Å². The molecule has 1 aromatic carbocycles. The molecule has 3 N–H and O–H groups in total. The van der Waals surface area contributed by atoms with Crippen LogP contribution in [0.3, 0.4) is 0 Å². The SMILES string of the molecule is N.[Ni+3].[c-]1ccccc1.[c-]1ccccn1.[c-]1ccccn1. The summed E-state index contributed by atoms with van der Waals surface area (Å²) in [7, 11) is 0. The van der Waals surface area contributed by atoms with Gasteiger partial charge in [-0.25, -0.2) is 0 Å². The zero-order valence-corrected chi connectivity index (χ0v) is 11.9. The molecule has 2 heterocycles. The van der Waals surface area contributed by atoms with Crippen LogP contribution in [0.15, 0.2) is 79.1 Å². The minimum atomic E-state index is 0. The number of hydrogen-bond acceptors (Lipinski definition) is 3. The summed E-state index contributed by atoms with van der Waals surface area (Å²) in [4.78, 5) is 7.32. The van der Waals surface area contributed by atoms with Crippen molar-refractivity contribution in [1.29, 1.82) is 0 Å². The van der Waals surface area contributed by atoms with Crippen molar-refractivity contribution >= 4 is 0 Å². The minimum Gasteiger partial charge on any atom is -0.394 e. The molecule has 0 aliphatic carbocycles. The maximum Gasteiger partial charge on any atom is 3.00 e. The number of aromatic nitrogens is 2. The van der Waals surface area contributed by atoms with Crippen LogP contribution in [-0.4, -0.2) is 9.97 Å². The van der Waals surface area contributed by atoms with Crippen LogP contribution < -0.4 is 6.15 Å². The summed E-state index contributed by atoms with van der Waals surface area (Å²) in [6, 6.07) is 23.5. The molecule has 3 rings (SSSR count). The van der Waals surface area contributed by atoms with Gasteiger partial charge in [-0.2, -0.15) is 72.8 Å². The Hall–Kier alpha value is -2.03. The van der Waals surface area contributed by atoms with E-state index in [2.05, 4.69) is 28.4 Å². The first-order chi connectivity index (χ1) is 9.00. The summed E-state index contributed by atoms with van der Waals surface area (Å²) in [5.41, 5.74) is 0. The van der Waals surface area contributed by atoms with Gasteiger partial charge in [-0.1, -0.05) is 24.8 Å². The number of nitrogens with zero attached hydrogens (tertiary/aromatic N) is 2. The van der Waals surface area contributed by atoms with Gasteiger partial charge >= 0.3 is 16.5 Å². The summed E-state index contributed by atoms with van der Waals surface area (Å²) in [5, 5.41) is 0. The Morgan fingerprint density at radius 2 is 1.00 bits per heavy atom. The Morgan fingerprint density at radius 3 is 1.10 bits per heavy atom. The van der Waals surface area contributed by atoms with Crippen LogP contribution in [0.25, 0.3) is 0 Å². The van der Waals surface area contributed by atoms with E-state index in [4.69, 9.17) is 0 Å². The van der Waals surface area contributed by atoms with Crippen LogP contribution in [0.4, 0.5) is 0 Å². The zero-order valence-electron chi connectivity index (χ0n) is 10.9. The maximum atomic E-state index is 3.66. The largest absolute Gasteiger partial charge is 3.00 e. The van der Waals surface area contributed by atoms with E-state index in [0.717, 1.165) is 0 Å². The molecular weight excluding hydrogens is 293 g/mol. The monoisotopic (exact) mass is 308 g/mol. The Morgan fingerprint density at radius 1 is 0.550 bits per heavy atom. The molecule has 1 radical (unpaired) electrons. The molecule has 4 heteroatoms. The van der Waals surface area contributed by atoms with Crippen LogP contribution in [-0.2, 0) is 16.5 Å². The molecule has 2 aromatic heterocycles. The average Bonchev–Trinajstić information content (AvgIpc) is 2.54. The third-order valence-corrected chi connectivity index (χ3v) is 1.64. The van der Waals surface area contributed by atoms with Crippen molar-refractivity contribution in [2.75, 3.05) is 0 Å². The molecule has 0 amide bonds. The number of benzene rings is 1. The summed E-state index contributed by atoms with van der Waals surface area (Å²) in [5.74, 6) is 0. The van der Waals surface area contributed by atoms with Gasteiger partial charge in [0.25, 0.3) is 0 Å². The molecule has 0 atom stereocenters. The third-order valence-electron chi connectivity index (χ3n) is 1.64. The standard InChI is InChI=1S/C6H5.2C5H4N.H3N.Ni/c3*1-2-4-6-5-3-1;;/h1-5H;2*1-4H;1H3;/q3*-1;;+3. The summed E-state index contributed by atoms with van der Waals surface area (Å²) in [6.45, 7) is 0. The van der Waals surface area contributed by atoms with Crippen molar-refractivity contribution in [3.63, 3.8) is 0 Å². The van der Waals surface area contributed by atoms with Crippen LogP contribution >= 0.6 is 0 Å². The van der Waals surface area contributed by atoms with Crippen molar-refractivity contribution < 1.29 is 16.5 Å². The van der Waals surface area contributed by atoms with E-state index in [1.54, 1.807) is 24.5 Å². The molecule has 0 saturated heterocycles. The molecule has 0 unspecified atom stereocenters. The summed E-state index contributed by atoms with van der Waals surface area (Å²) in [6.07, 6.45) is 8.67. The third kappa shape index (κ3) is 14.0. The van der Waals surface area contributed by atoms with Gasteiger partial charge in [-0.15, -0.1) is 0 Å². The fraction of sp³-hybridized carbons (Fsp3) is 0. The van der Waals surface area contributed by atoms with Gasteiger partial charge in [0.05, 0.1) is 0 Å². The normalized spacial score (nSPS) is 7.20. The van der Waals surface area contributed by atoms with Gasteiger partial charge in [0, 0.05) is 0 Å². The minimum absolute atomic E-state index is 0. The molecule has 3 nitrogen and oxygen atoms in total. The zero-order chi connectivity index (χ0) is 12.7. The smallest absolute Gasteiger partial charge is 0.394 e. The van der Waals surface area contributed by atoms with E-state index in [9.17, 15) is 0 Å². The first kappa shape index (κ1) is 20.3. The predicted molar refractivity (Wildman–Crippen MR) is 76.4 cm³/mol. The Kier molecular flexibility index (Phi) is 17.2. The van der Waals surface area contributed by atoms with Crippen LogP contribution in [0, 0.1) is 18.5 Å². The topological polar surface area (TPSA) is 60.8 Å². The molecule has 3 aromatic rings. The first-order valence-electron chi connectivity index (χ1n) is 5.45. The van der Waals surface area contributed by atoms with Gasteiger partial charge in [-0.3, -0.25) is 0 Å². The van der Waals surface area contributed by atoms with Gasteiger partial charge in [0.1, 0.15) is 0 Å². The number of pyridine rings is 2. The molecule has 0 saturated carbocycles. The van der Waals surface area contributed by atoms with Gasteiger partial charge in [0.15, 0.2) is 0 Å². The van der Waals surface area contributed by atoms with E-state index < -0.39 is 0 Å². The van der Waals surface area contributed by atoms with Crippen molar-refractivity contribution in [2.45, 2.75) is 0 Å². The average molecular weight is 309 g/mol. The van der Waals surface area contributed by atoms with Crippen LogP contribution in [0.2, 0.25) is 0 Å². The van der Waals surface area contributed by atoms with E-state index in [0.29, 0.717) is 0 Å². The first-order valence-corrected chi connectivity index (χ1v) is 5.45. The molecule has 0 fully saturated rings. The van der Waals surface area contributed by atoms with Crippen molar-refractivity contribution in [1.82, 2.24) is 16.1 Å². The molecule has 0 bridgehead atoms. The second kappa shape index (κ2) is 17.0. The quantitative estimate of drug-likeness (QED) is 0.511. The molecule has 0 aliphatic rings. The molecule has 105 valence electrons. The molecule has 20 heavy (non-hydrogen) atoms. The second-order valence-electron chi connectivity index (χ2n) is 3.00. The van der Waals surface area contributed by atoms with Crippen molar-refractivity contribution in [3.8, 4) is 0 Å². The summed E-state index contributed by atoms with van der Waals surface area (Å²) < 4.78 is 0. The molecular formula is C16H16N3Ni. The fourth-order valence-electron chi connectivity index (χ4n) is 0.897. The van der Waals surface area contributed by atoms with Gasteiger partial charge < -0.3 is 16.1 Å². The summed E-state index contributed by atoms with van der Waals surface area (Å²) >= 11 is 0. The maximum absolute atomic E-state index is 3.66. The second-order valence-corrected chi connectivity index (χ2v) is 3.00. The fourth-order valence-corrected chi connectivity index (χ4v) is 0.897.